The van der Waals surface area contributed by atoms with Crippen molar-refractivity contribution in [2.24, 2.45) is 0 Å². The lowest BCUT2D eigenvalue weighted by molar-refractivity contribution is 0.0888. The van der Waals surface area contributed by atoms with E-state index in [9.17, 15) is 4.79 Å². The first kappa shape index (κ1) is 14.1. The van der Waals surface area contributed by atoms with Gasteiger partial charge in [0.2, 0.25) is 0 Å². The second-order valence-electron chi connectivity index (χ2n) is 5.38. The van der Waals surface area contributed by atoms with Crippen LogP contribution in [0, 0.1) is 0 Å². The highest BCUT2D eigenvalue weighted by atomic mass is 16.1. The minimum Gasteiger partial charge on any atom is -0.347 e. The summed E-state index contributed by atoms with van der Waals surface area (Å²) in [5.41, 5.74) is 3.28. The van der Waals surface area contributed by atoms with Crippen molar-refractivity contribution < 1.29 is 4.79 Å². The van der Waals surface area contributed by atoms with Crippen LogP contribution < -0.4 is 10.6 Å². The van der Waals surface area contributed by atoms with Gasteiger partial charge in [-0.15, -0.1) is 0 Å². The second kappa shape index (κ2) is 5.74. The van der Waals surface area contributed by atoms with Crippen LogP contribution in [0.15, 0.2) is 18.2 Å². The van der Waals surface area contributed by atoms with Crippen LogP contribution >= 0.6 is 0 Å². The van der Waals surface area contributed by atoms with Gasteiger partial charge in [0.1, 0.15) is 0 Å². The molecule has 3 heteroatoms. The Labute approximate surface area is 115 Å². The van der Waals surface area contributed by atoms with Crippen molar-refractivity contribution >= 4 is 5.91 Å². The monoisotopic (exact) mass is 260 g/mol. The van der Waals surface area contributed by atoms with Gasteiger partial charge in [-0.2, -0.15) is 0 Å². The standard InChI is InChI=1S/C16H24N2O/c1-4-16(5-2,6-3)18-15(19)12-7-8-13-10-17-11-14(13)9-12/h7-9,17H,4-6,10-11H2,1-3H3,(H,18,19). The van der Waals surface area contributed by atoms with E-state index in [1.54, 1.807) is 0 Å². The molecule has 0 aliphatic carbocycles. The van der Waals surface area contributed by atoms with Crippen LogP contribution in [0.1, 0.15) is 61.5 Å². The van der Waals surface area contributed by atoms with E-state index in [0.29, 0.717) is 0 Å². The van der Waals surface area contributed by atoms with Crippen LogP contribution in [-0.4, -0.2) is 11.4 Å². The lowest BCUT2D eigenvalue weighted by Gasteiger charge is -2.31. The zero-order valence-electron chi connectivity index (χ0n) is 12.2. The SMILES string of the molecule is CCC(CC)(CC)NC(=O)c1ccc2c(c1)CNC2. The molecular formula is C16H24N2O. The Morgan fingerprint density at radius 1 is 1.16 bits per heavy atom. The number of amides is 1. The topological polar surface area (TPSA) is 41.1 Å². The van der Waals surface area contributed by atoms with Gasteiger partial charge in [0.15, 0.2) is 0 Å². The van der Waals surface area contributed by atoms with Crippen molar-refractivity contribution in [2.75, 3.05) is 0 Å². The Kier molecular flexibility index (Phi) is 4.25. The Balaban J connectivity index is 2.16. The van der Waals surface area contributed by atoms with Crippen molar-refractivity contribution in [3.8, 4) is 0 Å². The number of nitrogens with one attached hydrogen (secondary N) is 2. The maximum atomic E-state index is 12.4. The number of hydrogen-bond donors (Lipinski definition) is 2. The minimum absolute atomic E-state index is 0.0558. The Morgan fingerprint density at radius 2 is 1.79 bits per heavy atom. The fourth-order valence-corrected chi connectivity index (χ4v) is 2.76. The molecule has 0 aromatic heterocycles. The van der Waals surface area contributed by atoms with E-state index in [0.717, 1.165) is 37.9 Å². The molecule has 2 N–H and O–H groups in total. The van der Waals surface area contributed by atoms with Gasteiger partial charge in [0.25, 0.3) is 5.91 Å². The molecule has 0 radical (unpaired) electrons. The molecule has 1 aromatic carbocycles. The summed E-state index contributed by atoms with van der Waals surface area (Å²) in [6.07, 6.45) is 2.91. The number of hydrogen-bond acceptors (Lipinski definition) is 2. The summed E-state index contributed by atoms with van der Waals surface area (Å²) in [6.45, 7) is 8.21. The summed E-state index contributed by atoms with van der Waals surface area (Å²) in [7, 11) is 0. The second-order valence-corrected chi connectivity index (χ2v) is 5.38. The highest BCUT2D eigenvalue weighted by molar-refractivity contribution is 5.95. The first-order chi connectivity index (χ1) is 9.14. The van der Waals surface area contributed by atoms with Gasteiger partial charge < -0.3 is 10.6 Å². The molecule has 19 heavy (non-hydrogen) atoms. The van der Waals surface area contributed by atoms with Crippen LogP contribution in [0.5, 0.6) is 0 Å². The smallest absolute Gasteiger partial charge is 0.251 e. The molecule has 2 rings (SSSR count). The average Bonchev–Trinajstić information content (AvgIpc) is 2.92. The Hall–Kier alpha value is -1.35. The van der Waals surface area contributed by atoms with Crippen LogP contribution in [-0.2, 0) is 13.1 Å². The summed E-state index contributed by atoms with van der Waals surface area (Å²) in [5.74, 6) is 0.0558. The van der Waals surface area contributed by atoms with E-state index in [2.05, 4.69) is 37.5 Å². The van der Waals surface area contributed by atoms with Gasteiger partial charge in [-0.05, 0) is 42.5 Å². The molecule has 3 nitrogen and oxygen atoms in total. The Morgan fingerprint density at radius 3 is 2.42 bits per heavy atom. The van der Waals surface area contributed by atoms with Crippen molar-refractivity contribution in [2.45, 2.75) is 58.7 Å². The van der Waals surface area contributed by atoms with Crippen LogP contribution in [0.2, 0.25) is 0 Å². The van der Waals surface area contributed by atoms with Crippen molar-refractivity contribution in [3.63, 3.8) is 0 Å². The molecule has 0 saturated heterocycles. The molecule has 0 atom stereocenters. The number of fused-ring (bicyclic) bond motifs is 1. The first-order valence-electron chi connectivity index (χ1n) is 7.29. The predicted octanol–water partition coefficient (Wildman–Crippen LogP) is 2.99. The molecule has 1 amide bonds. The molecule has 1 aromatic rings. The number of carbonyl (C=O) groups is 1. The number of benzene rings is 1. The van der Waals surface area contributed by atoms with Crippen LogP contribution in [0.25, 0.3) is 0 Å². The lowest BCUT2D eigenvalue weighted by atomic mass is 9.89. The normalized spacial score (nSPS) is 14.3. The van der Waals surface area contributed by atoms with Gasteiger partial charge in [0.05, 0.1) is 0 Å². The maximum Gasteiger partial charge on any atom is 0.251 e. The molecule has 104 valence electrons. The van der Waals surface area contributed by atoms with Crippen molar-refractivity contribution in [1.82, 2.24) is 10.6 Å². The van der Waals surface area contributed by atoms with Gasteiger partial charge in [0, 0.05) is 24.2 Å². The van der Waals surface area contributed by atoms with E-state index in [-0.39, 0.29) is 11.4 Å². The fourth-order valence-electron chi connectivity index (χ4n) is 2.76. The summed E-state index contributed by atoms with van der Waals surface area (Å²) >= 11 is 0. The summed E-state index contributed by atoms with van der Waals surface area (Å²) in [5, 5.41) is 6.53. The molecule has 0 fully saturated rings. The maximum absolute atomic E-state index is 12.4. The molecule has 1 aliphatic heterocycles. The van der Waals surface area contributed by atoms with Crippen molar-refractivity contribution in [1.29, 1.82) is 0 Å². The third kappa shape index (κ3) is 2.81. The van der Waals surface area contributed by atoms with E-state index < -0.39 is 0 Å². The van der Waals surface area contributed by atoms with E-state index in [1.165, 1.54) is 11.1 Å². The average molecular weight is 260 g/mol. The fraction of sp³-hybridized carbons (Fsp3) is 0.562. The van der Waals surface area contributed by atoms with Crippen LogP contribution in [0.4, 0.5) is 0 Å². The molecule has 1 aliphatic rings. The highest BCUT2D eigenvalue weighted by Gasteiger charge is 2.26. The van der Waals surface area contributed by atoms with E-state index >= 15 is 0 Å². The molecule has 0 unspecified atom stereocenters. The summed E-state index contributed by atoms with van der Waals surface area (Å²) in [6, 6.07) is 6.03. The molecule has 1 heterocycles. The zero-order chi connectivity index (χ0) is 13.9. The predicted molar refractivity (Wildman–Crippen MR) is 78.1 cm³/mol. The first-order valence-corrected chi connectivity index (χ1v) is 7.29. The van der Waals surface area contributed by atoms with E-state index in [1.807, 2.05) is 12.1 Å². The van der Waals surface area contributed by atoms with Crippen LogP contribution in [0.3, 0.4) is 0 Å². The highest BCUT2D eigenvalue weighted by Crippen LogP contribution is 2.21. The number of carbonyl (C=O) groups excluding carboxylic acids is 1. The quantitative estimate of drug-likeness (QED) is 0.854. The molecular weight excluding hydrogens is 236 g/mol. The zero-order valence-corrected chi connectivity index (χ0v) is 12.2. The summed E-state index contributed by atoms with van der Waals surface area (Å²) < 4.78 is 0. The lowest BCUT2D eigenvalue weighted by Crippen LogP contribution is -2.47. The van der Waals surface area contributed by atoms with Gasteiger partial charge >= 0.3 is 0 Å². The number of rotatable bonds is 5. The molecule has 0 saturated carbocycles. The third-order valence-corrected chi connectivity index (χ3v) is 4.51. The summed E-state index contributed by atoms with van der Waals surface area (Å²) in [4.78, 5) is 12.4. The largest absolute Gasteiger partial charge is 0.347 e. The van der Waals surface area contributed by atoms with E-state index in [4.69, 9.17) is 0 Å². The third-order valence-electron chi connectivity index (χ3n) is 4.51. The molecule has 0 spiro atoms. The Bertz CT molecular complexity index is 456. The molecule has 0 bridgehead atoms. The van der Waals surface area contributed by atoms with Gasteiger partial charge in [-0.25, -0.2) is 0 Å². The van der Waals surface area contributed by atoms with Crippen molar-refractivity contribution in [3.05, 3.63) is 34.9 Å². The minimum atomic E-state index is -0.0612. The van der Waals surface area contributed by atoms with Gasteiger partial charge in [-0.1, -0.05) is 26.8 Å². The van der Waals surface area contributed by atoms with Gasteiger partial charge in [-0.3, -0.25) is 4.79 Å².